The van der Waals surface area contributed by atoms with Crippen LogP contribution in [-0.2, 0) is 28.8 Å². The molecule has 17 nitrogen and oxygen atoms in total. The maximum absolute atomic E-state index is 13.2. The van der Waals surface area contributed by atoms with Crippen molar-refractivity contribution in [3.8, 4) is 23.0 Å². The molecule has 0 radical (unpaired) electrons. The number of aliphatic carboxylic acids is 1. The fraction of sp³-hybridized carbons (Fsp3) is 0.296. The van der Waals surface area contributed by atoms with Gasteiger partial charge in [0.1, 0.15) is 29.4 Å². The highest BCUT2D eigenvalue weighted by Gasteiger charge is 2.54. The van der Waals surface area contributed by atoms with Crippen LogP contribution in [0.4, 0.5) is 5.13 Å². The predicted octanol–water partition coefficient (Wildman–Crippen LogP) is 1.90. The number of nitrogen functional groups attached to an aromatic ring is 1. The van der Waals surface area contributed by atoms with Gasteiger partial charge in [0, 0.05) is 36.3 Å². The summed E-state index contributed by atoms with van der Waals surface area (Å²) in [7, 11) is 0. The van der Waals surface area contributed by atoms with Gasteiger partial charge >= 0.3 is 17.9 Å². The highest BCUT2D eigenvalue weighted by molar-refractivity contribution is 8.01. The lowest BCUT2D eigenvalue weighted by atomic mass is 10.0. The number of anilines is 1. The van der Waals surface area contributed by atoms with E-state index in [0.717, 1.165) is 28.0 Å². The minimum atomic E-state index is -1.31. The van der Waals surface area contributed by atoms with Crippen molar-refractivity contribution in [3.05, 3.63) is 40.5 Å². The molecule has 5 rings (SSSR count). The summed E-state index contributed by atoms with van der Waals surface area (Å²) in [6.45, 7) is 4.26. The number of fused-ring (bicyclic) bond motifs is 1. The molecule has 4 heterocycles. The van der Waals surface area contributed by atoms with Crippen LogP contribution in [0.3, 0.4) is 0 Å². The molecule has 20 heteroatoms. The van der Waals surface area contributed by atoms with E-state index in [1.807, 2.05) is 0 Å². The molecule has 0 saturated carbocycles. The Bertz CT molecular complexity index is 1820. The van der Waals surface area contributed by atoms with Crippen LogP contribution in [0.2, 0.25) is 0 Å². The second kappa shape index (κ2) is 14.2. The molecular formula is C27H25N7O10S3. The summed E-state index contributed by atoms with van der Waals surface area (Å²) in [5.41, 5.74) is 6.30. The minimum Gasteiger partial charge on any atom is -0.477 e. The average molecular weight is 704 g/mol. The number of nitrogens with zero attached hydrogens (tertiary/aromatic N) is 5. The van der Waals surface area contributed by atoms with E-state index in [0.29, 0.717) is 11.1 Å². The molecule has 3 aromatic rings. The van der Waals surface area contributed by atoms with Gasteiger partial charge in [-0.2, -0.15) is 0 Å². The van der Waals surface area contributed by atoms with Gasteiger partial charge in [-0.25, -0.2) is 9.78 Å². The van der Waals surface area contributed by atoms with Crippen molar-refractivity contribution in [1.82, 2.24) is 25.4 Å². The molecule has 1 aromatic carbocycles. The smallest absolute Gasteiger partial charge is 0.352 e. The number of esters is 2. The van der Waals surface area contributed by atoms with E-state index in [-0.39, 0.29) is 63.0 Å². The van der Waals surface area contributed by atoms with Crippen molar-refractivity contribution in [2.45, 2.75) is 37.4 Å². The van der Waals surface area contributed by atoms with Gasteiger partial charge in [0.2, 0.25) is 5.89 Å². The van der Waals surface area contributed by atoms with E-state index in [2.05, 4.69) is 25.7 Å². The van der Waals surface area contributed by atoms with Crippen LogP contribution in [0.5, 0.6) is 11.5 Å². The number of thiazole rings is 1. The van der Waals surface area contributed by atoms with Crippen LogP contribution in [0.25, 0.3) is 11.5 Å². The first-order valence-electron chi connectivity index (χ1n) is 13.6. The molecule has 1 fully saturated rings. The number of amides is 2. The summed E-state index contributed by atoms with van der Waals surface area (Å²) >= 11 is 3.44. The molecular weight excluding hydrogens is 679 g/mol. The van der Waals surface area contributed by atoms with Gasteiger partial charge in [0.25, 0.3) is 17.0 Å². The first-order valence-corrected chi connectivity index (χ1v) is 16.5. The van der Waals surface area contributed by atoms with Crippen molar-refractivity contribution < 1.29 is 47.8 Å². The lowest BCUT2D eigenvalue weighted by molar-refractivity contribution is -0.150. The number of nitrogens with one attached hydrogen (secondary N) is 1. The van der Waals surface area contributed by atoms with Crippen molar-refractivity contribution in [2.24, 2.45) is 5.16 Å². The second-order valence-electron chi connectivity index (χ2n) is 9.56. The van der Waals surface area contributed by atoms with Crippen molar-refractivity contribution in [1.29, 1.82) is 0 Å². The lowest BCUT2D eigenvalue weighted by Crippen LogP contribution is -2.71. The molecule has 4 N–H and O–H groups in total. The number of carboxylic acids is 1. The molecule has 2 atom stereocenters. The molecule has 0 spiro atoms. The predicted molar refractivity (Wildman–Crippen MR) is 167 cm³/mol. The summed E-state index contributed by atoms with van der Waals surface area (Å²) < 4.78 is 15.9. The Labute approximate surface area is 277 Å². The largest absolute Gasteiger partial charge is 0.477 e. The normalized spacial score (nSPS) is 17.5. The number of nitrogens with two attached hydrogens (primary N) is 1. The first kappa shape index (κ1) is 33.4. The van der Waals surface area contributed by atoms with Crippen molar-refractivity contribution in [3.63, 3.8) is 0 Å². The molecule has 2 amide bonds. The number of aromatic nitrogens is 3. The van der Waals surface area contributed by atoms with Gasteiger partial charge in [-0.1, -0.05) is 16.9 Å². The van der Waals surface area contributed by atoms with Gasteiger partial charge in [-0.05, 0) is 30.7 Å². The summed E-state index contributed by atoms with van der Waals surface area (Å²) in [6, 6.07) is 3.32. The Kier molecular flexibility index (Phi) is 10.1. The highest BCUT2D eigenvalue weighted by Crippen LogP contribution is 2.42. The SMILES string of the molecule is CCO/N=C(/C(=O)N[C@@H]1C(=O)N2C(C(=O)O)=C(CSc3nnc(-c4ccc(OC(C)=O)c(OC(C)=O)c4)o3)CS[C@H]12)c1csc(N)n1. The third kappa shape index (κ3) is 7.39. The van der Waals surface area contributed by atoms with E-state index >= 15 is 0 Å². The quantitative estimate of drug-likeness (QED) is 0.0609. The number of carbonyl (C=O) groups excluding carboxylic acids is 4. The van der Waals surface area contributed by atoms with Crippen molar-refractivity contribution in [2.75, 3.05) is 23.8 Å². The Morgan fingerprint density at radius 3 is 2.60 bits per heavy atom. The van der Waals surface area contributed by atoms with Crippen LogP contribution < -0.4 is 20.5 Å². The summed E-state index contributed by atoms with van der Waals surface area (Å²) in [4.78, 5) is 71.7. The van der Waals surface area contributed by atoms with Gasteiger partial charge < -0.3 is 34.9 Å². The van der Waals surface area contributed by atoms with Crippen LogP contribution in [0.1, 0.15) is 26.5 Å². The Morgan fingerprint density at radius 1 is 1.19 bits per heavy atom. The Morgan fingerprint density at radius 2 is 1.94 bits per heavy atom. The molecule has 0 aliphatic carbocycles. The van der Waals surface area contributed by atoms with Crippen LogP contribution >= 0.6 is 34.9 Å². The van der Waals surface area contributed by atoms with Crippen LogP contribution in [0.15, 0.2) is 49.6 Å². The number of carboxylic acid groups (broad SMARTS) is 1. The fourth-order valence-corrected chi connectivity index (χ4v) is 7.18. The second-order valence-corrected chi connectivity index (χ2v) is 12.5. The molecule has 0 bridgehead atoms. The Hall–Kier alpha value is -4.95. The third-order valence-electron chi connectivity index (χ3n) is 6.28. The summed E-state index contributed by atoms with van der Waals surface area (Å²) in [5, 5.41) is 25.6. The fourth-order valence-electron chi connectivity index (χ4n) is 4.38. The highest BCUT2D eigenvalue weighted by atomic mass is 32.2. The maximum Gasteiger partial charge on any atom is 0.352 e. The average Bonchev–Trinajstić information content (AvgIpc) is 3.68. The maximum atomic E-state index is 13.2. The number of hydrogen-bond donors (Lipinski definition) is 3. The first-order chi connectivity index (χ1) is 22.5. The number of rotatable bonds is 12. The zero-order chi connectivity index (χ0) is 33.8. The van der Waals surface area contributed by atoms with E-state index in [1.54, 1.807) is 6.92 Å². The Balaban J connectivity index is 1.28. The van der Waals surface area contributed by atoms with Gasteiger partial charge in [-0.15, -0.1) is 33.3 Å². The standard InChI is InChI=1S/C27H25N7O10S3/c1-4-41-33-18(15-10-46-26(28)29-15)21(37)30-19-23(38)34-20(25(39)40)14(8-45-24(19)34)9-47-27-32-31-22(44-27)13-5-6-16(42-11(2)35)17(7-13)43-12(3)36/h5-7,10,19,24H,4,8-9H2,1-3H3,(H2,28,29)(H,30,37)(H,39,40)/b33-18+/t19-,24-/m1/s1. The summed E-state index contributed by atoms with van der Waals surface area (Å²) in [5.74, 6) is -3.48. The van der Waals surface area contributed by atoms with Gasteiger partial charge in [0.05, 0.1) is 0 Å². The number of thioether (sulfide) groups is 2. The molecule has 1 saturated heterocycles. The zero-order valence-electron chi connectivity index (χ0n) is 24.7. The van der Waals surface area contributed by atoms with E-state index in [4.69, 9.17) is 24.5 Å². The molecule has 2 aliphatic heterocycles. The number of oxime groups is 1. The monoisotopic (exact) mass is 703 g/mol. The van der Waals surface area contributed by atoms with Crippen LogP contribution in [0, 0.1) is 0 Å². The number of ether oxygens (including phenoxy) is 2. The van der Waals surface area contributed by atoms with E-state index < -0.39 is 41.1 Å². The number of carbonyl (C=O) groups is 5. The third-order valence-corrected chi connectivity index (χ3v) is 9.19. The van der Waals surface area contributed by atoms with Gasteiger partial charge in [0.15, 0.2) is 22.3 Å². The van der Waals surface area contributed by atoms with E-state index in [1.165, 1.54) is 49.2 Å². The van der Waals surface area contributed by atoms with E-state index in [9.17, 15) is 29.1 Å². The minimum absolute atomic E-state index is 0.0258. The lowest BCUT2D eigenvalue weighted by Gasteiger charge is -2.49. The molecule has 2 aromatic heterocycles. The van der Waals surface area contributed by atoms with Crippen LogP contribution in [-0.4, -0.2) is 90.2 Å². The topological polar surface area (TPSA) is 239 Å². The number of benzene rings is 1. The molecule has 2 aliphatic rings. The molecule has 246 valence electrons. The van der Waals surface area contributed by atoms with Gasteiger partial charge in [-0.3, -0.25) is 24.1 Å². The van der Waals surface area contributed by atoms with Crippen molar-refractivity contribution >= 4 is 75.4 Å². The number of β-lactam (4-membered cyclic amide) rings is 1. The molecule has 0 unspecified atom stereocenters. The molecule has 47 heavy (non-hydrogen) atoms. The number of hydrogen-bond acceptors (Lipinski definition) is 17. The summed E-state index contributed by atoms with van der Waals surface area (Å²) in [6.07, 6.45) is 0. The zero-order valence-corrected chi connectivity index (χ0v) is 27.2.